The fourth-order valence-corrected chi connectivity index (χ4v) is 9.53. The van der Waals surface area contributed by atoms with E-state index >= 15 is 0 Å². The molecule has 4 aromatic carbocycles. The van der Waals surface area contributed by atoms with Crippen LogP contribution in [0.2, 0.25) is 0 Å². The van der Waals surface area contributed by atoms with Gasteiger partial charge >= 0.3 is 7.82 Å². The van der Waals surface area contributed by atoms with E-state index in [2.05, 4.69) is 40.5 Å². The molecule has 5 N–H and O–H groups in total. The molecule has 4 aliphatic rings. The van der Waals surface area contributed by atoms with Gasteiger partial charge in [-0.1, -0.05) is 34.6 Å². The van der Waals surface area contributed by atoms with Crippen molar-refractivity contribution in [1.29, 1.82) is 0 Å². The number of phosphoric acid groups is 1. The van der Waals surface area contributed by atoms with Crippen LogP contribution in [0.15, 0.2) is 94.0 Å². The van der Waals surface area contributed by atoms with Crippen molar-refractivity contribution in [2.75, 3.05) is 119 Å². The van der Waals surface area contributed by atoms with Crippen LogP contribution in [0.5, 0.6) is 11.5 Å². The zero-order valence-corrected chi connectivity index (χ0v) is 45.1. The van der Waals surface area contributed by atoms with E-state index in [-0.39, 0.29) is 36.5 Å². The number of methoxy groups -OCH3 is 2. The number of aromatic amines is 2. The number of halogens is 2. The molecule has 0 radical (unpaired) electrons. The molecule has 428 valence electrons. The lowest BCUT2D eigenvalue weighted by atomic mass is 10.1. The number of hydrogen-bond donors (Lipinski definition) is 5. The second-order valence-electron chi connectivity index (χ2n) is 19.3. The van der Waals surface area contributed by atoms with Crippen LogP contribution < -0.4 is 9.47 Å². The largest absolute Gasteiger partial charge is 0.488 e. The molecule has 0 saturated carbocycles. The summed E-state index contributed by atoms with van der Waals surface area (Å²) in [5.74, 6) is 0.0709. The SMILES string of the molecule is COCCOc1cc2[nH]nc(-c3cc(-c4ccc(C(=O)N5CCN(C6COC6)CC5)cc4)no3)c2cc1F.COCCOc1cc2[nH]nc(-c3cc(-c4ccc(C(=O)N5CCN(C6COC6)CC5)cc4)no3)c2cc1F.O=P(O)(O)O. The van der Waals surface area contributed by atoms with Gasteiger partial charge in [0.25, 0.3) is 11.8 Å². The minimum atomic E-state index is -4.64. The van der Waals surface area contributed by atoms with E-state index in [1.54, 1.807) is 38.5 Å². The summed E-state index contributed by atoms with van der Waals surface area (Å²) in [5, 5.41) is 23.8. The van der Waals surface area contributed by atoms with Crippen molar-refractivity contribution in [3.05, 3.63) is 108 Å². The maximum Gasteiger partial charge on any atom is 0.466 e. The molecule has 4 aliphatic heterocycles. The number of rotatable bonds is 16. The number of benzene rings is 4. The molecule has 8 aromatic rings. The van der Waals surface area contributed by atoms with E-state index in [1.165, 1.54) is 12.1 Å². The van der Waals surface area contributed by atoms with Crippen molar-refractivity contribution < 1.29 is 75.1 Å². The van der Waals surface area contributed by atoms with Crippen LogP contribution in [-0.2, 0) is 23.5 Å². The summed E-state index contributed by atoms with van der Waals surface area (Å²) < 4.78 is 80.5. The molecule has 0 spiro atoms. The van der Waals surface area contributed by atoms with Gasteiger partial charge in [0, 0.05) is 124 Å². The van der Waals surface area contributed by atoms with Gasteiger partial charge in [0.05, 0.1) is 62.8 Å². The average molecular weight is 1140 g/mol. The lowest BCUT2D eigenvalue weighted by molar-refractivity contribution is -0.0746. The topological polar surface area (TPSA) is 290 Å². The van der Waals surface area contributed by atoms with Gasteiger partial charge in [-0.05, 0) is 36.4 Å². The summed E-state index contributed by atoms with van der Waals surface area (Å²) in [7, 11) is -1.53. The minimum Gasteiger partial charge on any atom is -0.488 e. The highest BCUT2D eigenvalue weighted by Crippen LogP contribution is 2.35. The number of amides is 2. The normalized spacial score (nSPS) is 16.3. The van der Waals surface area contributed by atoms with Gasteiger partial charge in [-0.15, -0.1) is 0 Å². The molecule has 2 amide bonds. The van der Waals surface area contributed by atoms with Crippen LogP contribution in [0.25, 0.3) is 67.2 Å². The van der Waals surface area contributed by atoms with E-state index in [0.29, 0.717) is 119 Å². The van der Waals surface area contributed by atoms with Gasteiger partial charge in [-0.25, -0.2) is 13.3 Å². The predicted molar refractivity (Wildman–Crippen MR) is 287 cm³/mol. The zero-order valence-electron chi connectivity index (χ0n) is 44.2. The first-order valence-corrected chi connectivity index (χ1v) is 27.5. The fourth-order valence-electron chi connectivity index (χ4n) is 9.53. The number of piperazine rings is 2. The molecule has 8 heterocycles. The number of H-pyrrole nitrogens is 2. The molecule has 27 heteroatoms. The molecular weight excluding hydrogens is 1080 g/mol. The van der Waals surface area contributed by atoms with Crippen LogP contribution >= 0.6 is 7.82 Å². The van der Waals surface area contributed by atoms with Crippen molar-refractivity contribution in [3.8, 4) is 56.9 Å². The van der Waals surface area contributed by atoms with Gasteiger partial charge in [0.15, 0.2) is 34.7 Å². The summed E-state index contributed by atoms with van der Waals surface area (Å²) in [6.07, 6.45) is 0. The Morgan fingerprint density at radius 3 is 1.28 bits per heavy atom. The Morgan fingerprint density at radius 1 is 0.580 bits per heavy atom. The Hall–Kier alpha value is -7.49. The lowest BCUT2D eigenvalue weighted by Crippen LogP contribution is -2.57. The molecule has 12 rings (SSSR count). The second-order valence-corrected chi connectivity index (χ2v) is 20.4. The van der Waals surface area contributed by atoms with Crippen molar-refractivity contribution in [2.45, 2.75) is 12.1 Å². The summed E-state index contributed by atoms with van der Waals surface area (Å²) in [4.78, 5) is 56.2. The third-order valence-electron chi connectivity index (χ3n) is 14.1. The Labute approximate surface area is 461 Å². The number of carbonyl (C=O) groups excluding carboxylic acids is 2. The third-order valence-corrected chi connectivity index (χ3v) is 14.1. The number of aromatic nitrogens is 6. The van der Waals surface area contributed by atoms with Crippen molar-refractivity contribution in [2.24, 2.45) is 0 Å². The van der Waals surface area contributed by atoms with Crippen LogP contribution in [-0.4, -0.2) is 208 Å². The van der Waals surface area contributed by atoms with E-state index in [4.69, 9.17) is 56.7 Å². The number of hydrogen-bond acceptors (Lipinski definition) is 17. The van der Waals surface area contributed by atoms with E-state index < -0.39 is 19.5 Å². The fraction of sp³-hybridized carbons (Fsp3) is 0.370. The van der Waals surface area contributed by atoms with Gasteiger partial charge < -0.3 is 61.9 Å². The standard InChI is InChI=1S/2C27H28FN5O5.H3O4P/c2*1-35-10-11-37-24-14-23-20(12-21(24)28)26(30-29-23)25-13-22(31-38-25)17-2-4-18(5-3-17)27(34)33-8-6-32(7-9-33)19-15-36-16-19;1-5(2,3)4/h2*2-5,12-14,19H,6-11,15-16H2,1H3,(H,29,30);(H3,1,2,3,4). The van der Waals surface area contributed by atoms with Gasteiger partial charge in [0.1, 0.15) is 36.0 Å². The Balaban J connectivity index is 0.000000168. The molecule has 0 unspecified atom stereocenters. The number of carbonyl (C=O) groups is 2. The highest BCUT2D eigenvalue weighted by atomic mass is 31.2. The first kappa shape index (κ1) is 56.8. The van der Waals surface area contributed by atoms with E-state index in [9.17, 15) is 18.4 Å². The van der Waals surface area contributed by atoms with Crippen LogP contribution in [0.3, 0.4) is 0 Å². The Kier molecular flexibility index (Phi) is 17.9. The monoisotopic (exact) mass is 1140 g/mol. The van der Waals surface area contributed by atoms with Crippen LogP contribution in [0.4, 0.5) is 8.78 Å². The van der Waals surface area contributed by atoms with Crippen molar-refractivity contribution in [1.82, 2.24) is 50.3 Å². The third kappa shape index (κ3) is 13.7. The average Bonchev–Trinajstić information content (AvgIpc) is 4.29. The number of ether oxygens (including phenoxy) is 6. The van der Waals surface area contributed by atoms with E-state index in [1.807, 2.05) is 58.3 Å². The first-order valence-electron chi connectivity index (χ1n) is 26.0. The van der Waals surface area contributed by atoms with Crippen molar-refractivity contribution >= 4 is 41.4 Å². The molecule has 0 atom stereocenters. The number of nitrogens with zero attached hydrogens (tertiary/aromatic N) is 8. The first-order chi connectivity index (χ1) is 39.2. The van der Waals surface area contributed by atoms with Crippen LogP contribution in [0, 0.1) is 11.6 Å². The number of fused-ring (bicyclic) bond motifs is 2. The summed E-state index contributed by atoms with van der Waals surface area (Å²) in [5.41, 5.74) is 6.15. The predicted octanol–water partition coefficient (Wildman–Crippen LogP) is 5.48. The van der Waals surface area contributed by atoms with Gasteiger partial charge in [-0.2, -0.15) is 10.2 Å². The molecule has 24 nitrogen and oxygen atoms in total. The zero-order chi connectivity index (χ0) is 56.6. The van der Waals surface area contributed by atoms with E-state index in [0.717, 1.165) is 63.7 Å². The maximum atomic E-state index is 14.6. The minimum absolute atomic E-state index is 0.0255. The Morgan fingerprint density at radius 2 is 0.951 bits per heavy atom. The molecule has 4 aromatic heterocycles. The maximum absolute atomic E-state index is 14.6. The molecule has 81 heavy (non-hydrogen) atoms. The highest BCUT2D eigenvalue weighted by molar-refractivity contribution is 7.45. The van der Waals surface area contributed by atoms with Gasteiger partial charge in [-0.3, -0.25) is 29.6 Å². The summed E-state index contributed by atoms with van der Waals surface area (Å²) in [6, 6.07) is 25.0. The van der Waals surface area contributed by atoms with Gasteiger partial charge in [0.2, 0.25) is 0 Å². The van der Waals surface area contributed by atoms with Crippen molar-refractivity contribution in [3.63, 3.8) is 0 Å². The molecule has 4 saturated heterocycles. The molecular formula is C54H59F2N10O14P. The molecule has 4 fully saturated rings. The molecule has 0 bridgehead atoms. The number of nitrogens with one attached hydrogen (secondary N) is 2. The molecule has 0 aliphatic carbocycles. The smallest absolute Gasteiger partial charge is 0.466 e. The summed E-state index contributed by atoms with van der Waals surface area (Å²) >= 11 is 0. The quantitative estimate of drug-likeness (QED) is 0.0591. The summed E-state index contributed by atoms with van der Waals surface area (Å²) in [6.45, 7) is 10.7. The lowest BCUT2D eigenvalue weighted by Gasteiger charge is -2.42. The highest BCUT2D eigenvalue weighted by Gasteiger charge is 2.32. The van der Waals surface area contributed by atoms with Crippen LogP contribution in [0.1, 0.15) is 20.7 Å². The second kappa shape index (κ2) is 25.5. The Bertz CT molecular complexity index is 3250.